The molecule has 0 saturated carbocycles. The van der Waals surface area contributed by atoms with E-state index >= 15 is 0 Å². The first-order valence-electron chi connectivity index (χ1n) is 8.31. The van der Waals surface area contributed by atoms with Crippen molar-refractivity contribution in [2.24, 2.45) is 0 Å². The molecule has 0 spiro atoms. The minimum atomic E-state index is -0.0422. The highest BCUT2D eigenvalue weighted by molar-refractivity contribution is 5.94. The van der Waals surface area contributed by atoms with E-state index in [1.165, 1.54) is 5.56 Å². The third kappa shape index (κ3) is 4.32. The Morgan fingerprint density at radius 1 is 1.33 bits per heavy atom. The molecule has 1 amide bonds. The maximum absolute atomic E-state index is 12.3. The third-order valence-electron chi connectivity index (χ3n) is 4.33. The van der Waals surface area contributed by atoms with Crippen LogP contribution < -0.4 is 10.1 Å². The van der Waals surface area contributed by atoms with Crippen molar-refractivity contribution in [3.05, 3.63) is 59.9 Å². The largest absolute Gasteiger partial charge is 0.497 e. The lowest BCUT2D eigenvalue weighted by Crippen LogP contribution is -2.47. The van der Waals surface area contributed by atoms with Crippen LogP contribution >= 0.6 is 0 Å². The zero-order chi connectivity index (χ0) is 16.8. The van der Waals surface area contributed by atoms with Crippen molar-refractivity contribution < 1.29 is 9.53 Å². The predicted octanol–water partition coefficient (Wildman–Crippen LogP) is 2.48. The van der Waals surface area contributed by atoms with Crippen LogP contribution in [0.4, 0.5) is 0 Å². The molecule has 5 heteroatoms. The van der Waals surface area contributed by atoms with Gasteiger partial charge in [0.15, 0.2) is 0 Å². The topological polar surface area (TPSA) is 54.5 Å². The number of rotatable bonds is 5. The molecule has 5 nitrogen and oxygen atoms in total. The second-order valence-electron chi connectivity index (χ2n) is 6.14. The van der Waals surface area contributed by atoms with Crippen molar-refractivity contribution in [3.8, 4) is 5.75 Å². The summed E-state index contributed by atoms with van der Waals surface area (Å²) < 4.78 is 5.20. The molecule has 2 heterocycles. The second-order valence-corrected chi connectivity index (χ2v) is 6.14. The molecule has 0 aliphatic carbocycles. The van der Waals surface area contributed by atoms with E-state index in [0.29, 0.717) is 5.56 Å². The molecule has 1 saturated heterocycles. The molecular weight excluding hydrogens is 302 g/mol. The molecule has 2 aromatic rings. The number of hydrogen-bond donors (Lipinski definition) is 1. The third-order valence-corrected chi connectivity index (χ3v) is 4.33. The van der Waals surface area contributed by atoms with Crippen molar-refractivity contribution in [2.45, 2.75) is 25.4 Å². The predicted molar refractivity (Wildman–Crippen MR) is 93.0 cm³/mol. The maximum Gasteiger partial charge on any atom is 0.253 e. The van der Waals surface area contributed by atoms with Crippen molar-refractivity contribution in [3.63, 3.8) is 0 Å². The first-order chi connectivity index (χ1) is 11.7. The van der Waals surface area contributed by atoms with Gasteiger partial charge in [-0.05, 0) is 49.2 Å². The van der Waals surface area contributed by atoms with Gasteiger partial charge in [-0.3, -0.25) is 14.7 Å². The van der Waals surface area contributed by atoms with Gasteiger partial charge in [0.1, 0.15) is 5.75 Å². The SMILES string of the molecule is COc1ccc(CN2CCCC(NC(=O)c3cccnc3)C2)cc1. The highest BCUT2D eigenvalue weighted by Gasteiger charge is 2.22. The number of ether oxygens (including phenoxy) is 1. The molecule has 1 aliphatic rings. The molecule has 24 heavy (non-hydrogen) atoms. The molecule has 1 fully saturated rings. The molecule has 1 aromatic carbocycles. The molecule has 1 aromatic heterocycles. The summed E-state index contributed by atoms with van der Waals surface area (Å²) in [7, 11) is 1.68. The van der Waals surface area contributed by atoms with E-state index in [9.17, 15) is 4.79 Å². The van der Waals surface area contributed by atoms with Gasteiger partial charge in [0.25, 0.3) is 5.91 Å². The first kappa shape index (κ1) is 16.5. The summed E-state index contributed by atoms with van der Waals surface area (Å²) in [4.78, 5) is 18.7. The van der Waals surface area contributed by atoms with Crippen molar-refractivity contribution >= 4 is 5.91 Å². The van der Waals surface area contributed by atoms with Crippen LogP contribution in [0.3, 0.4) is 0 Å². The highest BCUT2D eigenvalue weighted by Crippen LogP contribution is 2.17. The summed E-state index contributed by atoms with van der Waals surface area (Å²) >= 11 is 0. The molecule has 1 unspecified atom stereocenters. The van der Waals surface area contributed by atoms with Crippen LogP contribution in [-0.4, -0.2) is 42.0 Å². The fraction of sp³-hybridized carbons (Fsp3) is 0.368. The van der Waals surface area contributed by atoms with Crippen LogP contribution in [0.15, 0.2) is 48.8 Å². The maximum atomic E-state index is 12.3. The van der Waals surface area contributed by atoms with E-state index in [4.69, 9.17) is 4.74 Å². The van der Waals surface area contributed by atoms with Gasteiger partial charge in [-0.1, -0.05) is 12.1 Å². The van der Waals surface area contributed by atoms with Crippen molar-refractivity contribution in [1.29, 1.82) is 0 Å². The lowest BCUT2D eigenvalue weighted by atomic mass is 10.0. The number of methoxy groups -OCH3 is 1. The smallest absolute Gasteiger partial charge is 0.253 e. The molecule has 1 aliphatic heterocycles. The van der Waals surface area contributed by atoms with Gasteiger partial charge in [-0.2, -0.15) is 0 Å². The van der Waals surface area contributed by atoms with E-state index in [1.54, 1.807) is 31.6 Å². The van der Waals surface area contributed by atoms with E-state index in [-0.39, 0.29) is 11.9 Å². The number of aromatic nitrogens is 1. The summed E-state index contributed by atoms with van der Waals surface area (Å²) in [6.07, 6.45) is 5.39. The number of nitrogens with zero attached hydrogens (tertiary/aromatic N) is 2. The summed E-state index contributed by atoms with van der Waals surface area (Å²) in [5.74, 6) is 0.832. The Bertz CT molecular complexity index is 658. The number of pyridine rings is 1. The van der Waals surface area contributed by atoms with Crippen LogP contribution in [0.1, 0.15) is 28.8 Å². The average molecular weight is 325 g/mol. The van der Waals surface area contributed by atoms with Gasteiger partial charge in [0, 0.05) is 31.5 Å². The molecule has 1 N–H and O–H groups in total. The van der Waals surface area contributed by atoms with Gasteiger partial charge < -0.3 is 10.1 Å². The molecule has 3 rings (SSSR count). The van der Waals surface area contributed by atoms with E-state index in [0.717, 1.165) is 38.2 Å². The van der Waals surface area contributed by atoms with Gasteiger partial charge in [0.2, 0.25) is 0 Å². The lowest BCUT2D eigenvalue weighted by Gasteiger charge is -2.33. The monoisotopic (exact) mass is 325 g/mol. The van der Waals surface area contributed by atoms with Crippen molar-refractivity contribution in [2.75, 3.05) is 20.2 Å². The van der Waals surface area contributed by atoms with Crippen LogP contribution in [0.5, 0.6) is 5.75 Å². The van der Waals surface area contributed by atoms with Crippen LogP contribution in [-0.2, 0) is 6.54 Å². The van der Waals surface area contributed by atoms with Gasteiger partial charge in [-0.25, -0.2) is 0 Å². The van der Waals surface area contributed by atoms with Crippen LogP contribution in [0.2, 0.25) is 0 Å². The number of hydrogen-bond acceptors (Lipinski definition) is 4. The second kappa shape index (κ2) is 7.93. The van der Waals surface area contributed by atoms with Crippen LogP contribution in [0, 0.1) is 0 Å². The number of piperidine rings is 1. The summed E-state index contributed by atoms with van der Waals surface area (Å²) in [5.41, 5.74) is 1.87. The van der Waals surface area contributed by atoms with E-state index < -0.39 is 0 Å². The summed E-state index contributed by atoms with van der Waals surface area (Å²) in [6, 6.07) is 11.9. The first-order valence-corrected chi connectivity index (χ1v) is 8.31. The van der Waals surface area contributed by atoms with Crippen molar-refractivity contribution in [1.82, 2.24) is 15.2 Å². The minimum absolute atomic E-state index is 0.0422. The molecule has 126 valence electrons. The van der Waals surface area contributed by atoms with Crippen LogP contribution in [0.25, 0.3) is 0 Å². The fourth-order valence-electron chi connectivity index (χ4n) is 3.07. The number of amides is 1. The van der Waals surface area contributed by atoms with E-state index in [2.05, 4.69) is 27.3 Å². The minimum Gasteiger partial charge on any atom is -0.497 e. The Labute approximate surface area is 142 Å². The highest BCUT2D eigenvalue weighted by atomic mass is 16.5. The van der Waals surface area contributed by atoms with Gasteiger partial charge >= 0.3 is 0 Å². The number of likely N-dealkylation sites (tertiary alicyclic amines) is 1. The Balaban J connectivity index is 1.55. The van der Waals surface area contributed by atoms with Gasteiger partial charge in [0.05, 0.1) is 12.7 Å². The lowest BCUT2D eigenvalue weighted by molar-refractivity contribution is 0.0900. The number of carbonyl (C=O) groups is 1. The Kier molecular flexibility index (Phi) is 5.43. The quantitative estimate of drug-likeness (QED) is 0.918. The Morgan fingerprint density at radius 2 is 2.17 bits per heavy atom. The zero-order valence-corrected chi connectivity index (χ0v) is 13.9. The number of carbonyl (C=O) groups excluding carboxylic acids is 1. The Hall–Kier alpha value is -2.40. The van der Waals surface area contributed by atoms with E-state index in [1.807, 2.05) is 12.1 Å². The summed E-state index contributed by atoms with van der Waals surface area (Å²) in [6.45, 7) is 2.83. The molecule has 1 atom stereocenters. The van der Waals surface area contributed by atoms with Gasteiger partial charge in [-0.15, -0.1) is 0 Å². The average Bonchev–Trinajstić information content (AvgIpc) is 2.63. The summed E-state index contributed by atoms with van der Waals surface area (Å²) in [5, 5.41) is 3.13. The fourth-order valence-corrected chi connectivity index (χ4v) is 3.07. The number of benzene rings is 1. The molecule has 0 bridgehead atoms. The number of nitrogens with one attached hydrogen (secondary N) is 1. The zero-order valence-electron chi connectivity index (χ0n) is 13.9. The Morgan fingerprint density at radius 3 is 2.88 bits per heavy atom. The molecule has 0 radical (unpaired) electrons. The molecular formula is C19H23N3O2. The normalized spacial score (nSPS) is 18.1. The standard InChI is InChI=1S/C19H23N3O2/c1-24-18-8-6-15(7-9-18)13-22-11-3-5-17(14-22)21-19(23)16-4-2-10-20-12-16/h2,4,6-10,12,17H,3,5,11,13-14H2,1H3,(H,21,23).